The van der Waals surface area contributed by atoms with Crippen LogP contribution in [0.4, 0.5) is 13.2 Å². The van der Waals surface area contributed by atoms with Crippen LogP contribution in [0.5, 0.6) is 0 Å². The van der Waals surface area contributed by atoms with Crippen molar-refractivity contribution >= 4 is 0 Å². The van der Waals surface area contributed by atoms with E-state index in [0.29, 0.717) is 13.0 Å². The third-order valence-electron chi connectivity index (χ3n) is 2.10. The van der Waals surface area contributed by atoms with Gasteiger partial charge in [0.25, 0.3) is 0 Å². The Morgan fingerprint density at radius 1 is 1.42 bits per heavy atom. The maximum absolute atomic E-state index is 12.2. The van der Waals surface area contributed by atoms with Crippen LogP contribution >= 0.6 is 0 Å². The number of hydrogen-bond donors (Lipinski definition) is 1. The van der Waals surface area contributed by atoms with Crippen molar-refractivity contribution in [2.24, 2.45) is 0 Å². The van der Waals surface area contributed by atoms with Crippen molar-refractivity contribution in [3.05, 3.63) is 12.7 Å². The van der Waals surface area contributed by atoms with Crippen molar-refractivity contribution < 1.29 is 13.2 Å². The second kappa shape index (κ2) is 3.09. The first-order valence-corrected chi connectivity index (χ1v) is 3.94. The van der Waals surface area contributed by atoms with Crippen LogP contribution in [0.1, 0.15) is 19.3 Å². The van der Waals surface area contributed by atoms with Crippen LogP contribution in [-0.4, -0.2) is 18.3 Å². The average molecular weight is 179 g/mol. The Labute approximate surface area is 69.6 Å². The Morgan fingerprint density at radius 2 is 2.00 bits per heavy atom. The Bertz CT molecular complexity index is 170. The number of rotatable bonds is 4. The van der Waals surface area contributed by atoms with E-state index in [1.165, 1.54) is 0 Å². The predicted octanol–water partition coefficient (Wildman–Crippen LogP) is 2.25. The number of halogens is 3. The minimum absolute atomic E-state index is 0.216. The Balaban J connectivity index is 2.35. The lowest BCUT2D eigenvalue weighted by molar-refractivity contribution is -0.165. The zero-order valence-electron chi connectivity index (χ0n) is 6.75. The van der Waals surface area contributed by atoms with Crippen molar-refractivity contribution in [3.8, 4) is 0 Å². The highest BCUT2D eigenvalue weighted by atomic mass is 19.4. The minimum atomic E-state index is -4.09. The Hall–Kier alpha value is -0.510. The summed E-state index contributed by atoms with van der Waals surface area (Å²) >= 11 is 0. The standard InChI is InChI=1S/C8H12F3N/c1-2-3-6-12-7(4-5-7)8(9,10)11/h2,12H,1,3-6H2. The van der Waals surface area contributed by atoms with E-state index < -0.39 is 11.7 Å². The molecule has 0 heterocycles. The molecule has 0 aromatic rings. The summed E-state index contributed by atoms with van der Waals surface area (Å²) in [6, 6.07) is 0. The van der Waals surface area contributed by atoms with Gasteiger partial charge in [-0.25, -0.2) is 0 Å². The predicted molar refractivity (Wildman–Crippen MR) is 40.8 cm³/mol. The van der Waals surface area contributed by atoms with Gasteiger partial charge in [-0.05, 0) is 25.8 Å². The summed E-state index contributed by atoms with van der Waals surface area (Å²) in [5, 5.41) is 2.51. The van der Waals surface area contributed by atoms with E-state index in [1.54, 1.807) is 6.08 Å². The second-order valence-corrected chi connectivity index (χ2v) is 3.08. The van der Waals surface area contributed by atoms with Crippen LogP contribution in [-0.2, 0) is 0 Å². The lowest BCUT2D eigenvalue weighted by Crippen LogP contribution is -2.45. The van der Waals surface area contributed by atoms with Crippen LogP contribution in [0.3, 0.4) is 0 Å². The summed E-state index contributed by atoms with van der Waals surface area (Å²) in [5.74, 6) is 0. The molecule has 1 aliphatic rings. The second-order valence-electron chi connectivity index (χ2n) is 3.08. The minimum Gasteiger partial charge on any atom is -0.303 e. The summed E-state index contributed by atoms with van der Waals surface area (Å²) in [7, 11) is 0. The molecular weight excluding hydrogens is 167 g/mol. The molecule has 0 aromatic heterocycles. The van der Waals surface area contributed by atoms with Gasteiger partial charge in [0, 0.05) is 0 Å². The van der Waals surface area contributed by atoms with Crippen LogP contribution in [0.15, 0.2) is 12.7 Å². The Kier molecular flexibility index (Phi) is 2.46. The molecule has 1 nitrogen and oxygen atoms in total. The Morgan fingerprint density at radius 3 is 2.33 bits per heavy atom. The maximum atomic E-state index is 12.2. The van der Waals surface area contributed by atoms with Gasteiger partial charge < -0.3 is 5.32 Å². The molecule has 0 amide bonds. The van der Waals surface area contributed by atoms with Gasteiger partial charge in [0.1, 0.15) is 5.54 Å². The zero-order valence-corrected chi connectivity index (χ0v) is 6.75. The molecule has 0 aliphatic heterocycles. The lowest BCUT2D eigenvalue weighted by Gasteiger charge is -2.20. The molecular formula is C8H12F3N. The molecule has 1 rings (SSSR count). The number of hydrogen-bond acceptors (Lipinski definition) is 1. The zero-order chi connectivity index (χ0) is 9.24. The average Bonchev–Trinajstić information content (AvgIpc) is 2.67. The van der Waals surface area contributed by atoms with E-state index >= 15 is 0 Å². The highest BCUT2D eigenvalue weighted by Gasteiger charge is 2.62. The summed E-state index contributed by atoms with van der Waals surface area (Å²) in [6.45, 7) is 3.81. The van der Waals surface area contributed by atoms with Crippen LogP contribution in [0.2, 0.25) is 0 Å². The largest absolute Gasteiger partial charge is 0.406 e. The van der Waals surface area contributed by atoms with Crippen molar-refractivity contribution in [1.29, 1.82) is 0 Å². The molecule has 0 atom stereocenters. The van der Waals surface area contributed by atoms with Crippen molar-refractivity contribution in [3.63, 3.8) is 0 Å². The van der Waals surface area contributed by atoms with Crippen LogP contribution in [0.25, 0.3) is 0 Å². The van der Waals surface area contributed by atoms with Crippen molar-refractivity contribution in [2.75, 3.05) is 6.54 Å². The SMILES string of the molecule is C=CCCNC1(C(F)(F)F)CC1. The topological polar surface area (TPSA) is 12.0 Å². The smallest absolute Gasteiger partial charge is 0.303 e. The van der Waals surface area contributed by atoms with E-state index in [2.05, 4.69) is 11.9 Å². The van der Waals surface area contributed by atoms with E-state index in [9.17, 15) is 13.2 Å². The quantitative estimate of drug-likeness (QED) is 0.515. The van der Waals surface area contributed by atoms with E-state index in [1.807, 2.05) is 0 Å². The fourth-order valence-electron chi connectivity index (χ4n) is 1.10. The lowest BCUT2D eigenvalue weighted by atomic mass is 10.2. The van der Waals surface area contributed by atoms with E-state index in [-0.39, 0.29) is 12.8 Å². The molecule has 0 aromatic carbocycles. The van der Waals surface area contributed by atoms with Gasteiger partial charge in [-0.15, -0.1) is 6.58 Å². The molecule has 1 fully saturated rings. The van der Waals surface area contributed by atoms with Gasteiger partial charge in [-0.3, -0.25) is 0 Å². The van der Waals surface area contributed by atoms with E-state index in [0.717, 1.165) is 0 Å². The van der Waals surface area contributed by atoms with Gasteiger partial charge in [-0.1, -0.05) is 6.08 Å². The van der Waals surface area contributed by atoms with Gasteiger partial charge in [0.2, 0.25) is 0 Å². The summed E-state index contributed by atoms with van der Waals surface area (Å²) in [6.07, 6.45) is -1.47. The molecule has 0 bridgehead atoms. The molecule has 0 spiro atoms. The van der Waals surface area contributed by atoms with Gasteiger partial charge in [0.15, 0.2) is 0 Å². The molecule has 0 saturated heterocycles. The molecule has 1 N–H and O–H groups in total. The first-order chi connectivity index (χ1) is 5.52. The van der Waals surface area contributed by atoms with Gasteiger partial charge >= 0.3 is 6.18 Å². The van der Waals surface area contributed by atoms with Crippen LogP contribution in [0, 0.1) is 0 Å². The highest BCUT2D eigenvalue weighted by molar-refractivity contribution is 5.07. The third-order valence-corrected chi connectivity index (χ3v) is 2.10. The first kappa shape index (κ1) is 9.58. The molecule has 1 saturated carbocycles. The van der Waals surface area contributed by atoms with Gasteiger partial charge in [0.05, 0.1) is 0 Å². The molecule has 12 heavy (non-hydrogen) atoms. The number of nitrogens with one attached hydrogen (secondary N) is 1. The monoisotopic (exact) mass is 179 g/mol. The normalized spacial score (nSPS) is 20.6. The molecule has 70 valence electrons. The fraction of sp³-hybridized carbons (Fsp3) is 0.750. The van der Waals surface area contributed by atoms with Crippen molar-refractivity contribution in [2.45, 2.75) is 31.0 Å². The summed E-state index contributed by atoms with van der Waals surface area (Å²) in [5.41, 5.74) is -1.56. The first-order valence-electron chi connectivity index (χ1n) is 3.94. The fourth-order valence-corrected chi connectivity index (χ4v) is 1.10. The molecule has 0 radical (unpaired) electrons. The maximum Gasteiger partial charge on any atom is 0.406 e. The molecule has 0 unspecified atom stereocenters. The van der Waals surface area contributed by atoms with Gasteiger partial charge in [-0.2, -0.15) is 13.2 Å². The number of alkyl halides is 3. The highest BCUT2D eigenvalue weighted by Crippen LogP contribution is 2.48. The third kappa shape index (κ3) is 1.80. The molecule has 4 heteroatoms. The molecule has 1 aliphatic carbocycles. The van der Waals surface area contributed by atoms with E-state index in [4.69, 9.17) is 0 Å². The summed E-state index contributed by atoms with van der Waals surface area (Å²) < 4.78 is 36.7. The summed E-state index contributed by atoms with van der Waals surface area (Å²) in [4.78, 5) is 0. The van der Waals surface area contributed by atoms with Crippen LogP contribution < -0.4 is 5.32 Å². The van der Waals surface area contributed by atoms with Crippen molar-refractivity contribution in [1.82, 2.24) is 5.32 Å².